The van der Waals surface area contributed by atoms with Crippen LogP contribution in [0.15, 0.2) is 0 Å². The molecule has 0 amide bonds. The molecule has 11 heavy (non-hydrogen) atoms. The molecule has 0 bridgehead atoms. The molecule has 0 radical (unpaired) electrons. The smallest absolute Gasteiger partial charge is 0.0641 e. The maximum Gasteiger partial charge on any atom is 0.0641 e. The summed E-state index contributed by atoms with van der Waals surface area (Å²) in [5.41, 5.74) is 5.61. The van der Waals surface area contributed by atoms with E-state index in [0.29, 0.717) is 13.0 Å². The highest BCUT2D eigenvalue weighted by Gasteiger charge is 2.19. The van der Waals surface area contributed by atoms with Gasteiger partial charge in [0.25, 0.3) is 0 Å². The van der Waals surface area contributed by atoms with Gasteiger partial charge in [0.2, 0.25) is 0 Å². The average Bonchev–Trinajstić information content (AvgIpc) is 1.85. The van der Waals surface area contributed by atoms with Crippen LogP contribution >= 0.6 is 0 Å². The zero-order valence-corrected chi connectivity index (χ0v) is 6.29. The van der Waals surface area contributed by atoms with E-state index in [-0.39, 0.29) is 18.6 Å². The molecule has 1 fully saturated rings. The predicted molar refractivity (Wildman–Crippen MR) is 36.6 cm³/mol. The van der Waals surface area contributed by atoms with Gasteiger partial charge in [0, 0.05) is 25.0 Å². The first-order valence-corrected chi connectivity index (χ1v) is 3.75. The van der Waals surface area contributed by atoms with Crippen molar-refractivity contribution in [3.8, 4) is 0 Å². The maximum absolute atomic E-state index is 10.1. The van der Waals surface area contributed by atoms with Crippen molar-refractivity contribution >= 4 is 5.97 Å². The zero-order valence-electron chi connectivity index (χ0n) is 6.29. The quantitative estimate of drug-likeness (QED) is 0.538. The van der Waals surface area contributed by atoms with Crippen molar-refractivity contribution < 1.29 is 14.6 Å². The standard InChI is InChI=1S/C7H13NO3/c8-5-1-2-11-6(3-5)4-7(9)10/h5-6H,1-4,8H2,(H,9,10)/p-1. The van der Waals surface area contributed by atoms with Crippen molar-refractivity contribution in [1.82, 2.24) is 0 Å². The fraction of sp³-hybridized carbons (Fsp3) is 0.857. The van der Waals surface area contributed by atoms with E-state index < -0.39 is 5.97 Å². The van der Waals surface area contributed by atoms with E-state index in [0.717, 1.165) is 6.42 Å². The first-order valence-electron chi connectivity index (χ1n) is 3.75. The summed E-state index contributed by atoms with van der Waals surface area (Å²) in [5, 5.41) is 10.1. The molecule has 0 saturated carbocycles. The molecule has 0 spiro atoms. The average molecular weight is 158 g/mol. The molecule has 0 aromatic rings. The second-order valence-corrected chi connectivity index (χ2v) is 2.85. The number of carboxylic acid groups (broad SMARTS) is 1. The van der Waals surface area contributed by atoms with Gasteiger partial charge in [-0.2, -0.15) is 0 Å². The van der Waals surface area contributed by atoms with Crippen LogP contribution in [-0.2, 0) is 9.53 Å². The molecule has 1 heterocycles. The molecule has 2 unspecified atom stereocenters. The largest absolute Gasteiger partial charge is 0.550 e. The molecule has 4 heteroatoms. The summed E-state index contributed by atoms with van der Waals surface area (Å²) in [6.45, 7) is 0.569. The number of carboxylic acids is 1. The Balaban J connectivity index is 2.28. The van der Waals surface area contributed by atoms with Crippen molar-refractivity contribution in [3.63, 3.8) is 0 Å². The van der Waals surface area contributed by atoms with Crippen molar-refractivity contribution in [2.24, 2.45) is 5.73 Å². The van der Waals surface area contributed by atoms with Gasteiger partial charge >= 0.3 is 0 Å². The summed E-state index contributed by atoms with van der Waals surface area (Å²) < 4.78 is 5.16. The fourth-order valence-electron chi connectivity index (χ4n) is 1.24. The van der Waals surface area contributed by atoms with Gasteiger partial charge < -0.3 is 20.4 Å². The Morgan fingerprint density at radius 2 is 2.45 bits per heavy atom. The van der Waals surface area contributed by atoms with Crippen LogP contribution in [0.5, 0.6) is 0 Å². The molecule has 0 aliphatic carbocycles. The Morgan fingerprint density at radius 3 is 3.00 bits per heavy atom. The summed E-state index contributed by atoms with van der Waals surface area (Å²) >= 11 is 0. The van der Waals surface area contributed by atoms with Crippen LogP contribution in [0.1, 0.15) is 19.3 Å². The number of rotatable bonds is 2. The van der Waals surface area contributed by atoms with E-state index in [9.17, 15) is 9.90 Å². The Kier molecular flexibility index (Phi) is 2.84. The molecule has 2 N–H and O–H groups in total. The molecular weight excluding hydrogens is 146 g/mol. The molecule has 1 saturated heterocycles. The Labute approximate surface area is 65.3 Å². The number of aliphatic carboxylic acids is 1. The fourth-order valence-corrected chi connectivity index (χ4v) is 1.24. The SMILES string of the molecule is NC1CCOC(CC(=O)[O-])C1. The van der Waals surface area contributed by atoms with Gasteiger partial charge in [-0.15, -0.1) is 0 Å². The van der Waals surface area contributed by atoms with Crippen molar-refractivity contribution in [2.45, 2.75) is 31.4 Å². The van der Waals surface area contributed by atoms with Crippen LogP contribution in [0.2, 0.25) is 0 Å². The second-order valence-electron chi connectivity index (χ2n) is 2.85. The predicted octanol–water partition coefficient (Wildman–Crippen LogP) is -1.37. The van der Waals surface area contributed by atoms with Gasteiger partial charge in [0.15, 0.2) is 0 Å². The van der Waals surface area contributed by atoms with Gasteiger partial charge in [-0.25, -0.2) is 0 Å². The van der Waals surface area contributed by atoms with Crippen molar-refractivity contribution in [1.29, 1.82) is 0 Å². The van der Waals surface area contributed by atoms with Crippen LogP contribution < -0.4 is 10.8 Å². The van der Waals surface area contributed by atoms with Crippen LogP contribution in [-0.4, -0.2) is 24.7 Å². The number of carbonyl (C=O) groups excluding carboxylic acids is 1. The number of hydrogen-bond donors (Lipinski definition) is 1. The lowest BCUT2D eigenvalue weighted by Crippen LogP contribution is -2.38. The highest BCUT2D eigenvalue weighted by atomic mass is 16.5. The highest BCUT2D eigenvalue weighted by molar-refractivity contribution is 5.64. The summed E-state index contributed by atoms with van der Waals surface area (Å²) in [6, 6.07) is 0.0908. The molecule has 0 aromatic heterocycles. The minimum Gasteiger partial charge on any atom is -0.550 e. The van der Waals surface area contributed by atoms with Crippen molar-refractivity contribution in [3.05, 3.63) is 0 Å². The number of nitrogens with two attached hydrogens (primary N) is 1. The van der Waals surface area contributed by atoms with E-state index in [4.69, 9.17) is 10.5 Å². The maximum atomic E-state index is 10.1. The number of ether oxygens (including phenoxy) is 1. The van der Waals surface area contributed by atoms with Gasteiger partial charge in [0.05, 0.1) is 6.10 Å². The molecule has 1 aliphatic heterocycles. The second kappa shape index (κ2) is 3.69. The minimum absolute atomic E-state index is 0.0340. The third kappa shape index (κ3) is 2.86. The molecule has 4 nitrogen and oxygen atoms in total. The molecule has 64 valence electrons. The summed E-state index contributed by atoms with van der Waals surface area (Å²) in [4.78, 5) is 10.1. The van der Waals surface area contributed by atoms with Crippen molar-refractivity contribution in [2.75, 3.05) is 6.61 Å². The highest BCUT2D eigenvalue weighted by Crippen LogP contribution is 2.14. The lowest BCUT2D eigenvalue weighted by Gasteiger charge is -2.27. The van der Waals surface area contributed by atoms with E-state index >= 15 is 0 Å². The lowest BCUT2D eigenvalue weighted by atomic mass is 10.0. The van der Waals surface area contributed by atoms with Crippen LogP contribution in [0.3, 0.4) is 0 Å². The normalized spacial score (nSPS) is 31.7. The first kappa shape index (κ1) is 8.49. The van der Waals surface area contributed by atoms with Gasteiger partial charge in [0.1, 0.15) is 0 Å². The summed E-state index contributed by atoms with van der Waals surface area (Å²) in [7, 11) is 0. The Hall–Kier alpha value is -0.610. The third-order valence-corrected chi connectivity index (χ3v) is 1.80. The van der Waals surface area contributed by atoms with E-state index in [1.165, 1.54) is 0 Å². The van der Waals surface area contributed by atoms with Crippen LogP contribution in [0.4, 0.5) is 0 Å². The Bertz CT molecular complexity index is 149. The van der Waals surface area contributed by atoms with E-state index in [1.807, 2.05) is 0 Å². The zero-order chi connectivity index (χ0) is 8.27. The molecular formula is C7H12NO3-. The Morgan fingerprint density at radius 1 is 1.73 bits per heavy atom. The molecule has 0 aromatic carbocycles. The van der Waals surface area contributed by atoms with Crippen LogP contribution in [0.25, 0.3) is 0 Å². The molecule has 2 atom stereocenters. The molecule has 1 aliphatic rings. The number of carbonyl (C=O) groups is 1. The lowest BCUT2D eigenvalue weighted by molar-refractivity contribution is -0.308. The van der Waals surface area contributed by atoms with E-state index in [1.54, 1.807) is 0 Å². The first-order chi connectivity index (χ1) is 5.18. The molecule has 1 rings (SSSR count). The van der Waals surface area contributed by atoms with Gasteiger partial charge in [-0.3, -0.25) is 0 Å². The monoisotopic (exact) mass is 158 g/mol. The summed E-state index contributed by atoms with van der Waals surface area (Å²) in [5.74, 6) is -1.07. The third-order valence-electron chi connectivity index (χ3n) is 1.80. The van der Waals surface area contributed by atoms with Gasteiger partial charge in [-0.05, 0) is 12.8 Å². The minimum atomic E-state index is -1.07. The van der Waals surface area contributed by atoms with E-state index in [2.05, 4.69) is 0 Å². The topological polar surface area (TPSA) is 75.4 Å². The van der Waals surface area contributed by atoms with Crippen LogP contribution in [0, 0.1) is 0 Å². The van der Waals surface area contributed by atoms with Gasteiger partial charge in [-0.1, -0.05) is 0 Å². The number of hydrogen-bond acceptors (Lipinski definition) is 4. The summed E-state index contributed by atoms with van der Waals surface area (Å²) in [6.07, 6.45) is 1.19.